The van der Waals surface area contributed by atoms with E-state index in [0.717, 1.165) is 7.11 Å². The number of carbonyl (C=O) groups is 1. The summed E-state index contributed by atoms with van der Waals surface area (Å²) in [5, 5.41) is 39.2. The van der Waals surface area contributed by atoms with Gasteiger partial charge in [0.15, 0.2) is 6.23 Å². The van der Waals surface area contributed by atoms with Crippen LogP contribution in [-0.4, -0.2) is 70.9 Å². The van der Waals surface area contributed by atoms with Crippen molar-refractivity contribution >= 4 is 6.09 Å². The molecule has 0 aromatic carbocycles. The normalized spacial score (nSPS) is 39.2. The fourth-order valence-electron chi connectivity index (χ4n) is 1.40. The fraction of sp³-hybridized carbons (Fsp3) is 0.875. The number of nitrogens with one attached hydrogen (secondary N) is 1. The van der Waals surface area contributed by atoms with Crippen molar-refractivity contribution in [2.45, 2.75) is 30.6 Å². The topological polar surface area (TPSA) is 128 Å². The fourth-order valence-corrected chi connectivity index (χ4v) is 1.40. The van der Waals surface area contributed by atoms with Gasteiger partial charge in [-0.3, -0.25) is 5.32 Å². The van der Waals surface area contributed by atoms with Gasteiger partial charge in [0.1, 0.15) is 24.4 Å². The van der Waals surface area contributed by atoms with Crippen LogP contribution >= 0.6 is 0 Å². The van der Waals surface area contributed by atoms with Crippen LogP contribution in [0.2, 0.25) is 0 Å². The highest BCUT2D eigenvalue weighted by molar-refractivity contribution is 5.67. The third-order valence-electron chi connectivity index (χ3n) is 2.34. The van der Waals surface area contributed by atoms with Gasteiger partial charge in [0.05, 0.1) is 13.7 Å². The molecule has 0 aromatic rings. The summed E-state index contributed by atoms with van der Waals surface area (Å²) in [6.07, 6.45) is -7.63. The van der Waals surface area contributed by atoms with Crippen molar-refractivity contribution in [3.8, 4) is 0 Å². The number of aliphatic hydroxyl groups is 4. The van der Waals surface area contributed by atoms with Crippen molar-refractivity contribution in [3.05, 3.63) is 0 Å². The quantitative estimate of drug-likeness (QED) is 0.349. The molecule has 1 aliphatic heterocycles. The molecule has 8 heteroatoms. The number of ether oxygens (including phenoxy) is 2. The first kappa shape index (κ1) is 13.1. The van der Waals surface area contributed by atoms with Gasteiger partial charge in [0.25, 0.3) is 0 Å². The number of amides is 1. The molecule has 1 fully saturated rings. The largest absolute Gasteiger partial charge is 0.453 e. The Hall–Kier alpha value is -0.930. The summed E-state index contributed by atoms with van der Waals surface area (Å²) in [5.74, 6) is 0. The SMILES string of the molecule is COC(=O)N[C@@H]1O[C@H](CO)[C@@H](O)[C@H](O)[C@H]1O. The van der Waals surface area contributed by atoms with E-state index in [2.05, 4.69) is 10.1 Å². The Morgan fingerprint density at radius 3 is 2.44 bits per heavy atom. The minimum Gasteiger partial charge on any atom is -0.453 e. The lowest BCUT2D eigenvalue weighted by Gasteiger charge is -2.39. The van der Waals surface area contributed by atoms with Crippen molar-refractivity contribution in [1.82, 2.24) is 5.32 Å². The highest BCUT2D eigenvalue weighted by atomic mass is 16.6. The maximum absolute atomic E-state index is 10.9. The zero-order valence-electron chi connectivity index (χ0n) is 8.61. The highest BCUT2D eigenvalue weighted by Crippen LogP contribution is 2.19. The zero-order valence-corrected chi connectivity index (χ0v) is 8.61. The van der Waals surface area contributed by atoms with E-state index in [-0.39, 0.29) is 0 Å². The molecule has 5 atom stereocenters. The first-order valence-corrected chi connectivity index (χ1v) is 4.66. The van der Waals surface area contributed by atoms with E-state index in [1.54, 1.807) is 0 Å². The Bertz CT molecular complexity index is 247. The maximum atomic E-state index is 10.9. The molecule has 1 aliphatic rings. The molecule has 8 nitrogen and oxygen atoms in total. The van der Waals surface area contributed by atoms with E-state index < -0.39 is 43.3 Å². The lowest BCUT2D eigenvalue weighted by molar-refractivity contribution is -0.234. The third-order valence-corrected chi connectivity index (χ3v) is 2.34. The van der Waals surface area contributed by atoms with Crippen molar-refractivity contribution in [1.29, 1.82) is 0 Å². The molecule has 1 rings (SSSR count). The summed E-state index contributed by atoms with van der Waals surface area (Å²) >= 11 is 0. The summed E-state index contributed by atoms with van der Waals surface area (Å²) in [5.41, 5.74) is 0. The summed E-state index contributed by atoms with van der Waals surface area (Å²) in [7, 11) is 1.12. The number of aliphatic hydroxyl groups excluding tert-OH is 4. The molecule has 16 heavy (non-hydrogen) atoms. The van der Waals surface area contributed by atoms with Crippen LogP contribution in [0.4, 0.5) is 4.79 Å². The number of carbonyl (C=O) groups excluding carboxylic acids is 1. The molecule has 1 saturated heterocycles. The molecular formula is C8H15NO7. The Morgan fingerprint density at radius 1 is 1.31 bits per heavy atom. The Kier molecular flexibility index (Phi) is 4.44. The zero-order chi connectivity index (χ0) is 12.3. The third kappa shape index (κ3) is 2.60. The summed E-state index contributed by atoms with van der Waals surface area (Å²) in [6, 6.07) is 0. The van der Waals surface area contributed by atoms with Crippen molar-refractivity contribution in [3.63, 3.8) is 0 Å². The number of methoxy groups -OCH3 is 1. The Balaban J connectivity index is 2.67. The lowest BCUT2D eigenvalue weighted by atomic mass is 9.98. The second-order valence-electron chi connectivity index (χ2n) is 3.39. The lowest BCUT2D eigenvalue weighted by Crippen LogP contribution is -2.63. The second kappa shape index (κ2) is 5.41. The predicted octanol–water partition coefficient (Wildman–Crippen LogP) is -2.86. The number of hydrogen-bond donors (Lipinski definition) is 5. The van der Waals surface area contributed by atoms with Crippen molar-refractivity contribution in [2.75, 3.05) is 13.7 Å². The van der Waals surface area contributed by atoms with E-state index in [9.17, 15) is 20.1 Å². The molecule has 1 amide bonds. The highest BCUT2D eigenvalue weighted by Gasteiger charge is 2.44. The molecule has 0 aromatic heterocycles. The second-order valence-corrected chi connectivity index (χ2v) is 3.39. The van der Waals surface area contributed by atoms with Crippen LogP contribution in [0, 0.1) is 0 Å². The van der Waals surface area contributed by atoms with Gasteiger partial charge in [-0.05, 0) is 0 Å². The van der Waals surface area contributed by atoms with Gasteiger partial charge in [-0.2, -0.15) is 0 Å². The van der Waals surface area contributed by atoms with Crippen molar-refractivity contribution < 1.29 is 34.7 Å². The minimum atomic E-state index is -1.52. The van der Waals surface area contributed by atoms with Crippen LogP contribution in [0.5, 0.6) is 0 Å². The van der Waals surface area contributed by atoms with E-state index in [4.69, 9.17) is 9.84 Å². The predicted molar refractivity (Wildman–Crippen MR) is 49.3 cm³/mol. The van der Waals surface area contributed by atoms with Crippen LogP contribution in [0.25, 0.3) is 0 Å². The van der Waals surface area contributed by atoms with E-state index in [0.29, 0.717) is 0 Å². The molecule has 5 N–H and O–H groups in total. The Labute approximate surface area is 91.4 Å². The molecule has 0 saturated carbocycles. The average Bonchev–Trinajstić information content (AvgIpc) is 2.29. The van der Waals surface area contributed by atoms with E-state index in [1.165, 1.54) is 0 Å². The molecule has 1 heterocycles. The van der Waals surface area contributed by atoms with Crippen molar-refractivity contribution in [2.24, 2.45) is 0 Å². The average molecular weight is 237 g/mol. The summed E-state index contributed by atoms with van der Waals surface area (Å²) in [6.45, 7) is -0.551. The first-order valence-electron chi connectivity index (χ1n) is 4.66. The summed E-state index contributed by atoms with van der Waals surface area (Å²) < 4.78 is 9.27. The number of alkyl carbamates (subject to hydrolysis) is 1. The molecule has 0 spiro atoms. The van der Waals surface area contributed by atoms with Crippen LogP contribution in [0.15, 0.2) is 0 Å². The molecule has 0 bridgehead atoms. The van der Waals surface area contributed by atoms with Crippen LogP contribution in [-0.2, 0) is 9.47 Å². The molecule has 0 aliphatic carbocycles. The molecule has 0 radical (unpaired) electrons. The smallest absolute Gasteiger partial charge is 0.408 e. The van der Waals surface area contributed by atoms with Gasteiger partial charge in [0, 0.05) is 0 Å². The van der Waals surface area contributed by atoms with Gasteiger partial charge >= 0.3 is 6.09 Å². The van der Waals surface area contributed by atoms with E-state index in [1.807, 2.05) is 0 Å². The minimum absolute atomic E-state index is 0.551. The Morgan fingerprint density at radius 2 is 1.94 bits per heavy atom. The molecule has 94 valence electrons. The summed E-state index contributed by atoms with van der Waals surface area (Å²) in [4.78, 5) is 10.9. The van der Waals surface area contributed by atoms with E-state index >= 15 is 0 Å². The van der Waals surface area contributed by atoms with Crippen LogP contribution in [0.1, 0.15) is 0 Å². The standard InChI is InChI=1S/C8H15NO7/c1-15-8(14)9-7-6(13)5(12)4(11)3(2-10)16-7/h3-7,10-13H,2H2,1H3,(H,9,14)/t3-,4-,5+,6-,7-/m1/s1. The van der Waals surface area contributed by atoms with Gasteiger partial charge in [-0.1, -0.05) is 0 Å². The van der Waals surface area contributed by atoms with Crippen LogP contribution < -0.4 is 5.32 Å². The first-order chi connectivity index (χ1) is 7.51. The van der Waals surface area contributed by atoms with Crippen LogP contribution in [0.3, 0.4) is 0 Å². The molecular weight excluding hydrogens is 222 g/mol. The van der Waals surface area contributed by atoms with Gasteiger partial charge in [-0.25, -0.2) is 4.79 Å². The maximum Gasteiger partial charge on any atom is 0.408 e. The van der Waals surface area contributed by atoms with Gasteiger partial charge < -0.3 is 29.9 Å². The number of rotatable bonds is 2. The monoisotopic (exact) mass is 237 g/mol. The number of hydrogen-bond acceptors (Lipinski definition) is 7. The van der Waals surface area contributed by atoms with Gasteiger partial charge in [-0.15, -0.1) is 0 Å². The molecule has 0 unspecified atom stereocenters. The van der Waals surface area contributed by atoms with Gasteiger partial charge in [0.2, 0.25) is 0 Å².